The normalized spacial score (nSPS) is 25.0. The van der Waals surface area contributed by atoms with Crippen molar-refractivity contribution >= 4 is 26.0 Å². The summed E-state index contributed by atoms with van der Waals surface area (Å²) in [4.78, 5) is 0.281. The molecule has 1 aliphatic carbocycles. The highest BCUT2D eigenvalue weighted by Crippen LogP contribution is 2.20. The van der Waals surface area contributed by atoms with Gasteiger partial charge in [0.2, 0.25) is 10.0 Å². The topological polar surface area (TPSA) is 72.2 Å². The summed E-state index contributed by atoms with van der Waals surface area (Å²) >= 11 is 3.29. The fourth-order valence-corrected chi connectivity index (χ4v) is 3.77. The molecule has 1 fully saturated rings. The second-order valence-corrected chi connectivity index (χ2v) is 7.26. The average molecular weight is 333 g/mol. The van der Waals surface area contributed by atoms with E-state index < -0.39 is 10.0 Å². The highest BCUT2D eigenvalue weighted by molar-refractivity contribution is 9.10. The molecule has 0 spiro atoms. The zero-order valence-electron chi connectivity index (χ0n) is 9.97. The summed E-state index contributed by atoms with van der Waals surface area (Å²) in [5, 5.41) is 0. The zero-order chi connectivity index (χ0) is 13.2. The molecule has 0 amide bonds. The van der Waals surface area contributed by atoms with Crippen LogP contribution in [0.5, 0.6) is 0 Å². The number of hydrogen-bond donors (Lipinski definition) is 2. The van der Waals surface area contributed by atoms with Gasteiger partial charge in [0.1, 0.15) is 0 Å². The van der Waals surface area contributed by atoms with Gasteiger partial charge in [-0.1, -0.05) is 28.8 Å². The van der Waals surface area contributed by atoms with E-state index in [0.29, 0.717) is 0 Å². The summed E-state index contributed by atoms with van der Waals surface area (Å²) < 4.78 is 27.9. The molecule has 1 aliphatic rings. The molecule has 1 aromatic carbocycles. The van der Waals surface area contributed by atoms with E-state index in [0.717, 1.165) is 30.2 Å². The van der Waals surface area contributed by atoms with E-state index in [1.54, 1.807) is 24.3 Å². The maximum atomic E-state index is 12.2. The Morgan fingerprint density at radius 3 is 2.39 bits per heavy atom. The van der Waals surface area contributed by atoms with Gasteiger partial charge in [0.25, 0.3) is 0 Å². The monoisotopic (exact) mass is 332 g/mol. The summed E-state index contributed by atoms with van der Waals surface area (Å²) in [5.41, 5.74) is 5.95. The Labute approximate surface area is 116 Å². The lowest BCUT2D eigenvalue weighted by molar-refractivity contribution is 0.361. The first-order valence-corrected chi connectivity index (χ1v) is 8.30. The van der Waals surface area contributed by atoms with Crippen molar-refractivity contribution in [1.82, 2.24) is 4.72 Å². The molecule has 0 heterocycles. The molecule has 18 heavy (non-hydrogen) atoms. The fourth-order valence-electron chi connectivity index (χ4n) is 2.19. The Kier molecular flexibility index (Phi) is 4.42. The van der Waals surface area contributed by atoms with Gasteiger partial charge in [0.05, 0.1) is 4.90 Å². The van der Waals surface area contributed by atoms with Gasteiger partial charge >= 0.3 is 0 Å². The third kappa shape index (κ3) is 3.32. The van der Waals surface area contributed by atoms with Crippen molar-refractivity contribution in [3.05, 3.63) is 28.7 Å². The van der Waals surface area contributed by atoms with Crippen molar-refractivity contribution < 1.29 is 8.42 Å². The molecule has 0 saturated heterocycles. The second-order valence-electron chi connectivity index (χ2n) is 4.63. The standard InChI is InChI=1S/C12H17BrN2O2S/c13-9-5-7-10(8-6-9)18(16,17)15-12-4-2-1-3-11(12)14/h5-8,11-12,15H,1-4,14H2. The van der Waals surface area contributed by atoms with Crippen LogP contribution in [-0.4, -0.2) is 20.5 Å². The molecule has 6 heteroatoms. The van der Waals surface area contributed by atoms with Crippen LogP contribution >= 0.6 is 15.9 Å². The summed E-state index contributed by atoms with van der Waals surface area (Å²) in [7, 11) is -3.46. The van der Waals surface area contributed by atoms with Gasteiger partial charge in [-0.2, -0.15) is 0 Å². The van der Waals surface area contributed by atoms with Crippen LogP contribution in [0.4, 0.5) is 0 Å². The van der Waals surface area contributed by atoms with E-state index in [9.17, 15) is 8.42 Å². The summed E-state index contributed by atoms with van der Waals surface area (Å²) in [6.07, 6.45) is 3.81. The average Bonchev–Trinajstić information content (AvgIpc) is 2.32. The number of sulfonamides is 1. The summed E-state index contributed by atoms with van der Waals surface area (Å²) in [5.74, 6) is 0. The van der Waals surface area contributed by atoms with Crippen LogP contribution in [0.2, 0.25) is 0 Å². The number of nitrogens with one attached hydrogen (secondary N) is 1. The summed E-state index contributed by atoms with van der Waals surface area (Å²) in [6.45, 7) is 0. The van der Waals surface area contributed by atoms with Crippen LogP contribution in [0, 0.1) is 0 Å². The Balaban J connectivity index is 2.13. The SMILES string of the molecule is NC1CCCCC1NS(=O)(=O)c1ccc(Br)cc1. The van der Waals surface area contributed by atoms with Gasteiger partial charge in [-0.25, -0.2) is 13.1 Å². The number of benzene rings is 1. The molecule has 0 radical (unpaired) electrons. The first-order valence-electron chi connectivity index (χ1n) is 6.02. The lowest BCUT2D eigenvalue weighted by Crippen LogP contribution is -2.49. The molecule has 100 valence electrons. The molecule has 0 bridgehead atoms. The predicted molar refractivity (Wildman–Crippen MR) is 74.7 cm³/mol. The van der Waals surface area contributed by atoms with E-state index in [-0.39, 0.29) is 17.0 Å². The van der Waals surface area contributed by atoms with Crippen molar-refractivity contribution in [2.24, 2.45) is 5.73 Å². The van der Waals surface area contributed by atoms with Crippen LogP contribution in [0.1, 0.15) is 25.7 Å². The Morgan fingerprint density at radius 1 is 1.17 bits per heavy atom. The molecule has 3 N–H and O–H groups in total. The molecular weight excluding hydrogens is 316 g/mol. The van der Waals surface area contributed by atoms with E-state index in [1.807, 2.05) is 0 Å². The highest BCUT2D eigenvalue weighted by Gasteiger charge is 2.26. The van der Waals surface area contributed by atoms with Gasteiger partial charge < -0.3 is 5.73 Å². The van der Waals surface area contributed by atoms with Gasteiger partial charge in [-0.15, -0.1) is 0 Å². The number of hydrogen-bond acceptors (Lipinski definition) is 3. The molecule has 0 aliphatic heterocycles. The minimum atomic E-state index is -3.46. The quantitative estimate of drug-likeness (QED) is 0.889. The first kappa shape index (κ1) is 14.0. The maximum Gasteiger partial charge on any atom is 0.240 e. The maximum absolute atomic E-state index is 12.2. The molecule has 2 rings (SSSR count). The third-order valence-corrected chi connectivity index (χ3v) is 5.28. The Bertz CT molecular complexity index is 501. The van der Waals surface area contributed by atoms with Crippen molar-refractivity contribution in [2.75, 3.05) is 0 Å². The van der Waals surface area contributed by atoms with Crippen molar-refractivity contribution in [3.63, 3.8) is 0 Å². The zero-order valence-corrected chi connectivity index (χ0v) is 12.4. The largest absolute Gasteiger partial charge is 0.326 e. The number of nitrogens with two attached hydrogens (primary N) is 1. The molecular formula is C12H17BrN2O2S. The first-order chi connectivity index (χ1) is 8.49. The van der Waals surface area contributed by atoms with E-state index in [1.165, 1.54) is 0 Å². The van der Waals surface area contributed by atoms with Crippen LogP contribution in [-0.2, 0) is 10.0 Å². The van der Waals surface area contributed by atoms with Crippen molar-refractivity contribution in [1.29, 1.82) is 0 Å². The van der Waals surface area contributed by atoms with Gasteiger partial charge in [-0.05, 0) is 37.1 Å². The summed E-state index contributed by atoms with van der Waals surface area (Å²) in [6, 6.07) is 6.38. The van der Waals surface area contributed by atoms with E-state index in [4.69, 9.17) is 5.73 Å². The molecule has 1 saturated carbocycles. The molecule has 2 atom stereocenters. The van der Waals surface area contributed by atoms with Crippen LogP contribution in [0.25, 0.3) is 0 Å². The van der Waals surface area contributed by atoms with Crippen molar-refractivity contribution in [3.8, 4) is 0 Å². The van der Waals surface area contributed by atoms with Crippen LogP contribution < -0.4 is 10.5 Å². The molecule has 1 aromatic rings. The lowest BCUT2D eigenvalue weighted by atomic mass is 9.92. The molecule has 4 nitrogen and oxygen atoms in total. The van der Waals surface area contributed by atoms with E-state index in [2.05, 4.69) is 20.7 Å². The molecule has 0 aromatic heterocycles. The van der Waals surface area contributed by atoms with Gasteiger partial charge in [0.15, 0.2) is 0 Å². The van der Waals surface area contributed by atoms with E-state index >= 15 is 0 Å². The predicted octanol–water partition coefficient (Wildman–Crippen LogP) is 2.00. The highest BCUT2D eigenvalue weighted by atomic mass is 79.9. The minimum absolute atomic E-state index is 0.0797. The lowest BCUT2D eigenvalue weighted by Gasteiger charge is -2.29. The Hall–Kier alpha value is -0.430. The van der Waals surface area contributed by atoms with Gasteiger partial charge in [0, 0.05) is 16.6 Å². The molecule has 2 unspecified atom stereocenters. The Morgan fingerprint density at radius 2 is 1.78 bits per heavy atom. The minimum Gasteiger partial charge on any atom is -0.326 e. The smallest absolute Gasteiger partial charge is 0.240 e. The van der Waals surface area contributed by atoms with Crippen LogP contribution in [0.15, 0.2) is 33.6 Å². The second kappa shape index (κ2) is 5.69. The van der Waals surface area contributed by atoms with Crippen molar-refractivity contribution in [2.45, 2.75) is 42.7 Å². The fraction of sp³-hybridized carbons (Fsp3) is 0.500. The number of halogens is 1. The number of rotatable bonds is 3. The van der Waals surface area contributed by atoms with Gasteiger partial charge in [-0.3, -0.25) is 0 Å². The van der Waals surface area contributed by atoms with Crippen LogP contribution in [0.3, 0.4) is 0 Å². The third-order valence-electron chi connectivity index (χ3n) is 3.25.